The Hall–Kier alpha value is -0.640. The molecule has 0 aliphatic rings. The highest BCUT2D eigenvalue weighted by Gasteiger charge is 2.19. The Balaban J connectivity index is 2.38. The van der Waals surface area contributed by atoms with Crippen LogP contribution < -0.4 is 5.32 Å². The fourth-order valence-electron chi connectivity index (χ4n) is 2.33. The molecule has 0 fully saturated rings. The maximum absolute atomic E-state index is 3.71. The van der Waals surface area contributed by atoms with Crippen molar-refractivity contribution in [3.05, 3.63) is 42.8 Å². The second-order valence-corrected chi connectivity index (χ2v) is 7.89. The molecule has 2 aromatic rings. The van der Waals surface area contributed by atoms with E-state index in [-0.39, 0.29) is 0 Å². The summed E-state index contributed by atoms with van der Waals surface area (Å²) in [7, 11) is 0. The number of hydrogen-bond acceptors (Lipinski definition) is 3. The van der Waals surface area contributed by atoms with E-state index in [1.165, 1.54) is 37.1 Å². The van der Waals surface area contributed by atoms with Gasteiger partial charge in [0.2, 0.25) is 0 Å². The summed E-state index contributed by atoms with van der Waals surface area (Å²) < 4.78 is 0. The second-order valence-electron chi connectivity index (χ2n) is 5.14. The molecule has 2 aromatic heterocycles. The van der Waals surface area contributed by atoms with E-state index in [1.807, 2.05) is 22.7 Å². The van der Waals surface area contributed by atoms with Crippen LogP contribution in [0.1, 0.15) is 50.0 Å². The van der Waals surface area contributed by atoms with Crippen LogP contribution in [0.25, 0.3) is 0 Å². The number of aryl methyl sites for hydroxylation is 4. The lowest BCUT2D eigenvalue weighted by molar-refractivity contribution is 0.605. The minimum absolute atomic E-state index is 0.363. The summed E-state index contributed by atoms with van der Waals surface area (Å²) in [5, 5.41) is 3.71. The SMILES string of the molecule is CCCNC(c1cc(C)c(C)s1)c1cc(C)sc1C. The molecule has 3 heteroatoms. The number of thiophene rings is 2. The number of rotatable bonds is 5. The molecule has 0 bridgehead atoms. The first-order chi connectivity index (χ1) is 9.02. The quantitative estimate of drug-likeness (QED) is 0.805. The Kier molecular flexibility index (Phi) is 4.82. The third kappa shape index (κ3) is 3.28. The molecule has 0 aliphatic heterocycles. The molecule has 1 nitrogen and oxygen atoms in total. The normalized spacial score (nSPS) is 12.9. The van der Waals surface area contributed by atoms with Crippen LogP contribution in [0, 0.1) is 27.7 Å². The molecule has 0 aliphatic carbocycles. The molecule has 0 aromatic carbocycles. The molecule has 19 heavy (non-hydrogen) atoms. The van der Waals surface area contributed by atoms with Gasteiger partial charge >= 0.3 is 0 Å². The number of hydrogen-bond donors (Lipinski definition) is 1. The lowest BCUT2D eigenvalue weighted by atomic mass is 10.1. The van der Waals surface area contributed by atoms with Gasteiger partial charge < -0.3 is 5.32 Å². The van der Waals surface area contributed by atoms with Gasteiger partial charge in [-0.25, -0.2) is 0 Å². The van der Waals surface area contributed by atoms with Crippen molar-refractivity contribution in [2.45, 2.75) is 47.1 Å². The highest BCUT2D eigenvalue weighted by Crippen LogP contribution is 2.35. The van der Waals surface area contributed by atoms with Gasteiger partial charge in [-0.1, -0.05) is 6.92 Å². The molecule has 1 unspecified atom stereocenters. The summed E-state index contributed by atoms with van der Waals surface area (Å²) in [6.45, 7) is 12.1. The lowest BCUT2D eigenvalue weighted by Crippen LogP contribution is -2.22. The molecule has 1 atom stereocenters. The Morgan fingerprint density at radius 1 is 1.05 bits per heavy atom. The summed E-state index contributed by atoms with van der Waals surface area (Å²) in [6, 6.07) is 5.06. The van der Waals surface area contributed by atoms with Gasteiger partial charge in [-0.3, -0.25) is 0 Å². The van der Waals surface area contributed by atoms with Gasteiger partial charge in [-0.05, 0) is 63.9 Å². The van der Waals surface area contributed by atoms with Crippen molar-refractivity contribution in [2.24, 2.45) is 0 Å². The fraction of sp³-hybridized carbons (Fsp3) is 0.500. The first kappa shape index (κ1) is 14.8. The van der Waals surface area contributed by atoms with E-state index in [0.29, 0.717) is 6.04 Å². The molecule has 0 amide bonds. The summed E-state index contributed by atoms with van der Waals surface area (Å²) in [5.41, 5.74) is 2.87. The maximum atomic E-state index is 3.71. The van der Waals surface area contributed by atoms with Crippen LogP contribution in [0.4, 0.5) is 0 Å². The minimum atomic E-state index is 0.363. The summed E-state index contributed by atoms with van der Waals surface area (Å²) in [4.78, 5) is 5.72. The van der Waals surface area contributed by atoms with Crippen LogP contribution in [0.3, 0.4) is 0 Å². The van der Waals surface area contributed by atoms with Gasteiger partial charge in [-0.2, -0.15) is 0 Å². The van der Waals surface area contributed by atoms with Crippen LogP contribution >= 0.6 is 22.7 Å². The first-order valence-corrected chi connectivity index (χ1v) is 8.53. The maximum Gasteiger partial charge on any atom is 0.0682 e. The third-order valence-electron chi connectivity index (χ3n) is 3.46. The zero-order valence-corrected chi connectivity index (χ0v) is 14.1. The van der Waals surface area contributed by atoms with Crippen molar-refractivity contribution in [2.75, 3.05) is 6.54 Å². The molecular weight excluding hydrogens is 270 g/mol. The van der Waals surface area contributed by atoms with Crippen molar-refractivity contribution in [1.29, 1.82) is 0 Å². The highest BCUT2D eigenvalue weighted by molar-refractivity contribution is 7.12. The van der Waals surface area contributed by atoms with Crippen molar-refractivity contribution in [1.82, 2.24) is 5.32 Å². The Labute approximate surface area is 124 Å². The van der Waals surface area contributed by atoms with Crippen LogP contribution in [0.15, 0.2) is 12.1 Å². The fourth-order valence-corrected chi connectivity index (χ4v) is 4.43. The predicted octanol–water partition coefficient (Wildman–Crippen LogP) is 5.13. The summed E-state index contributed by atoms with van der Waals surface area (Å²) >= 11 is 3.83. The largest absolute Gasteiger partial charge is 0.306 e. The van der Waals surface area contributed by atoms with Gasteiger partial charge in [0.1, 0.15) is 0 Å². The molecule has 0 saturated heterocycles. The summed E-state index contributed by atoms with van der Waals surface area (Å²) in [6.07, 6.45) is 1.17. The second kappa shape index (κ2) is 6.21. The van der Waals surface area contributed by atoms with E-state index >= 15 is 0 Å². The third-order valence-corrected chi connectivity index (χ3v) is 5.66. The number of nitrogens with one attached hydrogen (secondary N) is 1. The van der Waals surface area contributed by atoms with Crippen molar-refractivity contribution in [3.8, 4) is 0 Å². The average molecular weight is 294 g/mol. The zero-order chi connectivity index (χ0) is 14.0. The van der Waals surface area contributed by atoms with Gasteiger partial charge in [0.15, 0.2) is 0 Å². The van der Waals surface area contributed by atoms with E-state index < -0.39 is 0 Å². The van der Waals surface area contributed by atoms with Crippen LogP contribution in [-0.4, -0.2) is 6.54 Å². The summed E-state index contributed by atoms with van der Waals surface area (Å²) in [5.74, 6) is 0. The standard InChI is InChI=1S/C16H23NS2/c1-6-7-17-16(14-9-11(3)18-13(14)5)15-8-10(2)12(4)19-15/h8-9,16-17H,6-7H2,1-5H3. The van der Waals surface area contributed by atoms with Gasteiger partial charge in [0.25, 0.3) is 0 Å². The van der Waals surface area contributed by atoms with E-state index in [2.05, 4.69) is 52.1 Å². The molecule has 0 spiro atoms. The van der Waals surface area contributed by atoms with Crippen LogP contribution in [0.2, 0.25) is 0 Å². The van der Waals surface area contributed by atoms with Gasteiger partial charge in [0.05, 0.1) is 6.04 Å². The molecule has 2 heterocycles. The van der Waals surface area contributed by atoms with E-state index in [4.69, 9.17) is 0 Å². The van der Waals surface area contributed by atoms with Crippen LogP contribution in [0.5, 0.6) is 0 Å². The first-order valence-electron chi connectivity index (χ1n) is 6.90. The molecule has 0 radical (unpaired) electrons. The van der Waals surface area contributed by atoms with E-state index in [1.54, 1.807) is 0 Å². The molecule has 1 N–H and O–H groups in total. The Morgan fingerprint density at radius 2 is 1.79 bits per heavy atom. The van der Waals surface area contributed by atoms with Crippen molar-refractivity contribution < 1.29 is 0 Å². The van der Waals surface area contributed by atoms with Crippen molar-refractivity contribution >= 4 is 22.7 Å². The molecule has 0 saturated carbocycles. The molecular formula is C16H23NS2. The minimum Gasteiger partial charge on any atom is -0.306 e. The smallest absolute Gasteiger partial charge is 0.0682 e. The predicted molar refractivity (Wildman–Crippen MR) is 87.7 cm³/mol. The van der Waals surface area contributed by atoms with Crippen molar-refractivity contribution in [3.63, 3.8) is 0 Å². The monoisotopic (exact) mass is 293 g/mol. The van der Waals surface area contributed by atoms with E-state index in [9.17, 15) is 0 Å². The highest BCUT2D eigenvalue weighted by atomic mass is 32.1. The van der Waals surface area contributed by atoms with Crippen LogP contribution in [-0.2, 0) is 0 Å². The lowest BCUT2D eigenvalue weighted by Gasteiger charge is -2.17. The zero-order valence-electron chi connectivity index (χ0n) is 12.5. The molecule has 104 valence electrons. The van der Waals surface area contributed by atoms with Gasteiger partial charge in [-0.15, -0.1) is 22.7 Å². The van der Waals surface area contributed by atoms with E-state index in [0.717, 1.165) is 6.54 Å². The topological polar surface area (TPSA) is 12.0 Å². The van der Waals surface area contributed by atoms with Gasteiger partial charge in [0, 0.05) is 19.5 Å². The average Bonchev–Trinajstić information content (AvgIpc) is 2.84. The Morgan fingerprint density at radius 3 is 2.26 bits per heavy atom. The Bertz CT molecular complexity index is 532. The molecule has 2 rings (SSSR count).